The average Bonchev–Trinajstić information content (AvgIpc) is 2.37. The Morgan fingerprint density at radius 3 is 2.47 bits per heavy atom. The van der Waals surface area contributed by atoms with Crippen LogP contribution in [0.4, 0.5) is 10.1 Å². The largest absolute Gasteiger partial charge is 0.322 e. The van der Waals surface area contributed by atoms with Crippen LogP contribution in [0.2, 0.25) is 10.0 Å². The zero-order valence-electron chi connectivity index (χ0n) is 9.38. The van der Waals surface area contributed by atoms with E-state index in [9.17, 15) is 9.18 Å². The molecule has 2 rings (SSSR count). The Kier molecular flexibility index (Phi) is 4.65. The number of nitrogens with one attached hydrogen (secondary N) is 1. The van der Waals surface area contributed by atoms with Gasteiger partial charge in [0.1, 0.15) is 5.82 Å². The van der Waals surface area contributed by atoms with Gasteiger partial charge in [-0.05, 0) is 59.0 Å². The van der Waals surface area contributed by atoms with E-state index in [0.717, 1.165) is 3.57 Å². The molecule has 6 heteroatoms. The van der Waals surface area contributed by atoms with Crippen LogP contribution in [0, 0.1) is 9.39 Å². The monoisotopic (exact) mass is 409 g/mol. The van der Waals surface area contributed by atoms with Crippen molar-refractivity contribution in [3.63, 3.8) is 0 Å². The van der Waals surface area contributed by atoms with Gasteiger partial charge in [0.2, 0.25) is 0 Å². The van der Waals surface area contributed by atoms with Gasteiger partial charge in [0.15, 0.2) is 0 Å². The van der Waals surface area contributed by atoms with Gasteiger partial charge in [0.25, 0.3) is 5.91 Å². The zero-order chi connectivity index (χ0) is 14.0. The van der Waals surface area contributed by atoms with Crippen LogP contribution < -0.4 is 5.32 Å². The van der Waals surface area contributed by atoms with Crippen molar-refractivity contribution in [2.75, 3.05) is 5.32 Å². The topological polar surface area (TPSA) is 29.1 Å². The summed E-state index contributed by atoms with van der Waals surface area (Å²) in [5, 5.41) is 3.08. The third-order valence-electron chi connectivity index (χ3n) is 2.36. The summed E-state index contributed by atoms with van der Waals surface area (Å²) >= 11 is 13.7. The third-order valence-corrected chi connectivity index (χ3v) is 4.22. The maximum atomic E-state index is 13.0. The summed E-state index contributed by atoms with van der Waals surface area (Å²) < 4.78 is 13.9. The van der Waals surface area contributed by atoms with Crippen LogP contribution >= 0.6 is 45.8 Å². The highest BCUT2D eigenvalue weighted by Gasteiger charge is 2.09. The van der Waals surface area contributed by atoms with Gasteiger partial charge in [-0.1, -0.05) is 23.2 Å². The fourth-order valence-corrected chi connectivity index (χ4v) is 2.11. The van der Waals surface area contributed by atoms with Gasteiger partial charge < -0.3 is 5.32 Å². The highest BCUT2D eigenvalue weighted by atomic mass is 127. The second-order valence-electron chi connectivity index (χ2n) is 3.71. The number of hydrogen-bond acceptors (Lipinski definition) is 1. The predicted octanol–water partition coefficient (Wildman–Crippen LogP) is 4.99. The minimum absolute atomic E-state index is 0.0431. The Hall–Kier alpha value is -0.850. The first-order chi connectivity index (χ1) is 8.97. The molecule has 98 valence electrons. The van der Waals surface area contributed by atoms with Gasteiger partial charge in [-0.15, -0.1) is 0 Å². The lowest BCUT2D eigenvalue weighted by atomic mass is 10.2. The highest BCUT2D eigenvalue weighted by molar-refractivity contribution is 14.1. The van der Waals surface area contributed by atoms with Crippen LogP contribution in [-0.4, -0.2) is 5.91 Å². The summed E-state index contributed by atoms with van der Waals surface area (Å²) in [6.45, 7) is 0. The maximum absolute atomic E-state index is 13.0. The van der Waals surface area contributed by atoms with Gasteiger partial charge in [-0.25, -0.2) is 4.39 Å². The summed E-state index contributed by atoms with van der Waals surface area (Å²) in [6, 6.07) is 8.96. The van der Waals surface area contributed by atoms with Gasteiger partial charge in [0, 0.05) is 14.8 Å². The fourth-order valence-electron chi connectivity index (χ4n) is 1.41. The van der Waals surface area contributed by atoms with E-state index < -0.39 is 5.82 Å². The molecule has 2 nitrogen and oxygen atoms in total. The molecule has 0 aromatic heterocycles. The molecule has 1 N–H and O–H groups in total. The molecule has 0 aliphatic carbocycles. The first kappa shape index (κ1) is 14.6. The molecule has 0 aliphatic rings. The number of halogens is 4. The van der Waals surface area contributed by atoms with E-state index in [1.54, 1.807) is 18.2 Å². The quantitative estimate of drug-likeness (QED) is 0.695. The number of amides is 1. The van der Waals surface area contributed by atoms with E-state index in [1.165, 1.54) is 18.2 Å². The standard InChI is InChI=1S/C13H7Cl2FINO/c14-9-6-8(2-3-11(9)16)18-13(19)7-1-4-12(17)10(15)5-7/h1-6H,(H,18,19). The smallest absolute Gasteiger partial charge is 0.255 e. The van der Waals surface area contributed by atoms with E-state index >= 15 is 0 Å². The van der Waals surface area contributed by atoms with E-state index in [0.29, 0.717) is 16.3 Å². The van der Waals surface area contributed by atoms with Crippen molar-refractivity contribution in [3.05, 3.63) is 61.4 Å². The fraction of sp³-hybridized carbons (Fsp3) is 0. The van der Waals surface area contributed by atoms with Crippen LogP contribution in [0.1, 0.15) is 10.4 Å². The molecular weight excluding hydrogens is 403 g/mol. The summed E-state index contributed by atoms with van der Waals surface area (Å²) in [7, 11) is 0. The van der Waals surface area contributed by atoms with Gasteiger partial charge in [-0.2, -0.15) is 0 Å². The maximum Gasteiger partial charge on any atom is 0.255 e. The van der Waals surface area contributed by atoms with Crippen molar-refractivity contribution in [2.24, 2.45) is 0 Å². The second-order valence-corrected chi connectivity index (χ2v) is 5.69. The minimum atomic E-state index is -0.531. The molecule has 0 saturated heterocycles. The Morgan fingerprint density at radius 1 is 1.11 bits per heavy atom. The van der Waals surface area contributed by atoms with Crippen molar-refractivity contribution in [3.8, 4) is 0 Å². The molecule has 0 saturated carbocycles. The van der Waals surface area contributed by atoms with Crippen LogP contribution in [0.5, 0.6) is 0 Å². The summed E-state index contributed by atoms with van der Waals surface area (Å²) in [5.41, 5.74) is 0.844. The lowest BCUT2D eigenvalue weighted by Gasteiger charge is -2.07. The Balaban J connectivity index is 2.20. The second kappa shape index (κ2) is 6.07. The van der Waals surface area contributed by atoms with Crippen molar-refractivity contribution in [2.45, 2.75) is 0 Å². The molecule has 0 unspecified atom stereocenters. The van der Waals surface area contributed by atoms with Crippen LogP contribution in [0.25, 0.3) is 0 Å². The SMILES string of the molecule is O=C(Nc1ccc(F)c(Cl)c1)c1ccc(I)c(Cl)c1. The molecule has 0 fully saturated rings. The molecule has 1 amide bonds. The van der Waals surface area contributed by atoms with Crippen molar-refractivity contribution in [1.29, 1.82) is 0 Å². The van der Waals surface area contributed by atoms with E-state index in [-0.39, 0.29) is 10.9 Å². The first-order valence-corrected chi connectivity index (χ1v) is 7.02. The Labute approximate surface area is 133 Å². The summed E-state index contributed by atoms with van der Waals surface area (Å²) in [6.07, 6.45) is 0. The normalized spacial score (nSPS) is 10.3. The average molecular weight is 410 g/mol. The minimum Gasteiger partial charge on any atom is -0.322 e. The van der Waals surface area contributed by atoms with Gasteiger partial charge in [-0.3, -0.25) is 4.79 Å². The lowest BCUT2D eigenvalue weighted by Crippen LogP contribution is -2.12. The summed E-state index contributed by atoms with van der Waals surface area (Å²) in [4.78, 5) is 12.0. The number of carbonyl (C=O) groups is 1. The van der Waals surface area contributed by atoms with Crippen molar-refractivity contribution >= 4 is 57.4 Å². The Morgan fingerprint density at radius 2 is 1.84 bits per heavy atom. The number of carbonyl (C=O) groups excluding carboxylic acids is 1. The van der Waals surface area contributed by atoms with Crippen molar-refractivity contribution < 1.29 is 9.18 Å². The van der Waals surface area contributed by atoms with E-state index in [4.69, 9.17) is 23.2 Å². The Bertz CT molecular complexity index is 649. The van der Waals surface area contributed by atoms with Crippen molar-refractivity contribution in [1.82, 2.24) is 0 Å². The highest BCUT2D eigenvalue weighted by Crippen LogP contribution is 2.22. The molecule has 0 atom stereocenters. The first-order valence-electron chi connectivity index (χ1n) is 5.19. The predicted molar refractivity (Wildman–Crippen MR) is 83.5 cm³/mol. The molecule has 0 heterocycles. The summed E-state index contributed by atoms with van der Waals surface area (Å²) in [5.74, 6) is -0.863. The van der Waals surface area contributed by atoms with Crippen LogP contribution in [0.15, 0.2) is 36.4 Å². The lowest BCUT2D eigenvalue weighted by molar-refractivity contribution is 0.102. The zero-order valence-corrected chi connectivity index (χ0v) is 13.1. The molecular formula is C13H7Cl2FINO. The molecule has 0 aliphatic heterocycles. The van der Waals surface area contributed by atoms with E-state index in [2.05, 4.69) is 27.9 Å². The van der Waals surface area contributed by atoms with Gasteiger partial charge in [0.05, 0.1) is 10.0 Å². The molecule has 19 heavy (non-hydrogen) atoms. The third kappa shape index (κ3) is 3.58. The number of hydrogen-bond donors (Lipinski definition) is 1. The molecule has 0 radical (unpaired) electrons. The number of benzene rings is 2. The number of rotatable bonds is 2. The van der Waals surface area contributed by atoms with Gasteiger partial charge >= 0.3 is 0 Å². The number of anilines is 1. The molecule has 2 aromatic carbocycles. The molecule has 0 bridgehead atoms. The van der Waals surface area contributed by atoms with Crippen LogP contribution in [0.3, 0.4) is 0 Å². The molecule has 0 spiro atoms. The molecule has 2 aromatic rings. The van der Waals surface area contributed by atoms with E-state index in [1.807, 2.05) is 0 Å². The van der Waals surface area contributed by atoms with Crippen LogP contribution in [-0.2, 0) is 0 Å².